The maximum Gasteiger partial charge on any atom is 0.340 e. The van der Waals surface area contributed by atoms with Gasteiger partial charge < -0.3 is 19.5 Å². The Labute approximate surface area is 214 Å². The van der Waals surface area contributed by atoms with Crippen LogP contribution in [0.1, 0.15) is 15.9 Å². The van der Waals surface area contributed by atoms with Crippen molar-refractivity contribution in [3.63, 3.8) is 0 Å². The molecule has 1 N–H and O–H groups in total. The van der Waals surface area contributed by atoms with Crippen LogP contribution in [0.15, 0.2) is 71.6 Å². The summed E-state index contributed by atoms with van der Waals surface area (Å²) in [6, 6.07) is 17.2. The number of rotatable bonds is 10. The predicted octanol–water partition coefficient (Wildman–Crippen LogP) is 3.97. The van der Waals surface area contributed by atoms with Gasteiger partial charge in [0.15, 0.2) is 11.5 Å². The Morgan fingerprint density at radius 1 is 0.917 bits per heavy atom. The van der Waals surface area contributed by atoms with Crippen LogP contribution in [0.2, 0.25) is 5.02 Å². The predicted molar refractivity (Wildman–Crippen MR) is 135 cm³/mol. The number of amides is 1. The van der Waals surface area contributed by atoms with Crippen LogP contribution in [-0.4, -0.2) is 52.5 Å². The molecule has 0 aliphatic rings. The number of halogens is 1. The topological polar surface area (TPSA) is 111 Å². The van der Waals surface area contributed by atoms with Gasteiger partial charge in [0.2, 0.25) is 15.9 Å². The number of hydrogen-bond donors (Lipinski definition) is 1. The van der Waals surface area contributed by atoms with E-state index in [1.54, 1.807) is 42.5 Å². The van der Waals surface area contributed by atoms with Gasteiger partial charge in [-0.3, -0.25) is 4.79 Å². The average Bonchev–Trinajstić information content (AvgIpc) is 2.89. The van der Waals surface area contributed by atoms with Gasteiger partial charge in [-0.1, -0.05) is 41.9 Å². The van der Waals surface area contributed by atoms with Gasteiger partial charge >= 0.3 is 5.97 Å². The van der Waals surface area contributed by atoms with Gasteiger partial charge in [0.05, 0.1) is 44.0 Å². The highest BCUT2D eigenvalue weighted by Crippen LogP contribution is 2.34. The lowest BCUT2D eigenvalue weighted by Gasteiger charge is -2.22. The van der Waals surface area contributed by atoms with Crippen molar-refractivity contribution >= 4 is 39.2 Å². The molecule has 190 valence electrons. The third kappa shape index (κ3) is 6.34. The zero-order valence-electron chi connectivity index (χ0n) is 19.9. The smallest absolute Gasteiger partial charge is 0.340 e. The molecule has 0 atom stereocenters. The molecular formula is C25H25ClN2O7S. The molecule has 3 aromatic carbocycles. The van der Waals surface area contributed by atoms with E-state index in [2.05, 4.69) is 5.32 Å². The Balaban J connectivity index is 1.95. The molecule has 0 spiro atoms. The van der Waals surface area contributed by atoms with E-state index in [0.29, 0.717) is 10.6 Å². The van der Waals surface area contributed by atoms with Crippen LogP contribution in [0, 0.1) is 0 Å². The number of esters is 1. The van der Waals surface area contributed by atoms with Gasteiger partial charge in [-0.25, -0.2) is 13.2 Å². The summed E-state index contributed by atoms with van der Waals surface area (Å²) in [6.07, 6.45) is 0. The first-order valence-electron chi connectivity index (χ1n) is 10.6. The van der Waals surface area contributed by atoms with Gasteiger partial charge in [0.1, 0.15) is 0 Å². The normalized spacial score (nSPS) is 11.1. The molecule has 0 saturated carbocycles. The number of methoxy groups -OCH3 is 3. The SMILES string of the molecule is COC(=O)c1cc(OC)c(OC)cc1NC(=O)CN(Cc1ccc(Cl)cc1)S(=O)(=O)c1ccccc1. The molecule has 0 aliphatic carbocycles. The van der Waals surface area contributed by atoms with E-state index < -0.39 is 28.4 Å². The molecule has 0 unspecified atom stereocenters. The van der Waals surface area contributed by atoms with Gasteiger partial charge in [-0.2, -0.15) is 4.31 Å². The average molecular weight is 533 g/mol. The first-order valence-corrected chi connectivity index (χ1v) is 12.4. The van der Waals surface area contributed by atoms with Crippen molar-refractivity contribution in [2.75, 3.05) is 33.2 Å². The number of ether oxygens (including phenoxy) is 3. The Hall–Kier alpha value is -3.60. The zero-order chi connectivity index (χ0) is 26.3. The number of benzene rings is 3. The lowest BCUT2D eigenvalue weighted by atomic mass is 10.1. The Bertz CT molecular complexity index is 1330. The fourth-order valence-corrected chi connectivity index (χ4v) is 4.90. The molecule has 3 aromatic rings. The van der Waals surface area contributed by atoms with Crippen LogP contribution >= 0.6 is 11.6 Å². The summed E-state index contributed by atoms with van der Waals surface area (Å²) < 4.78 is 43.1. The maximum absolute atomic E-state index is 13.4. The van der Waals surface area contributed by atoms with E-state index in [4.69, 9.17) is 25.8 Å². The summed E-state index contributed by atoms with van der Waals surface area (Å²) in [7, 11) is -0.0415. The summed E-state index contributed by atoms with van der Waals surface area (Å²) >= 11 is 5.95. The van der Waals surface area contributed by atoms with Crippen molar-refractivity contribution in [1.82, 2.24) is 4.31 Å². The number of carbonyl (C=O) groups is 2. The summed E-state index contributed by atoms with van der Waals surface area (Å²) in [5.41, 5.74) is 0.722. The van der Waals surface area contributed by atoms with Crippen molar-refractivity contribution in [2.45, 2.75) is 11.4 Å². The number of anilines is 1. The Kier molecular flexibility index (Phi) is 8.92. The molecule has 0 aliphatic heterocycles. The second-order valence-electron chi connectivity index (χ2n) is 7.51. The molecule has 0 saturated heterocycles. The van der Waals surface area contributed by atoms with Crippen molar-refractivity contribution in [3.8, 4) is 11.5 Å². The van der Waals surface area contributed by atoms with Gasteiger partial charge in [-0.15, -0.1) is 0 Å². The van der Waals surface area contributed by atoms with Gasteiger partial charge in [0, 0.05) is 23.7 Å². The molecule has 0 aromatic heterocycles. The minimum absolute atomic E-state index is 0.0127. The monoisotopic (exact) mass is 532 g/mol. The van der Waals surface area contributed by atoms with Crippen molar-refractivity contribution in [2.24, 2.45) is 0 Å². The van der Waals surface area contributed by atoms with E-state index >= 15 is 0 Å². The third-order valence-corrected chi connectivity index (χ3v) is 7.23. The second-order valence-corrected chi connectivity index (χ2v) is 9.88. The van der Waals surface area contributed by atoms with E-state index in [1.807, 2.05) is 0 Å². The molecule has 0 radical (unpaired) electrons. The van der Waals surface area contributed by atoms with E-state index in [9.17, 15) is 18.0 Å². The number of nitrogens with zero attached hydrogens (tertiary/aromatic N) is 1. The van der Waals surface area contributed by atoms with Crippen LogP contribution in [0.4, 0.5) is 5.69 Å². The number of nitrogens with one attached hydrogen (secondary N) is 1. The summed E-state index contributed by atoms with van der Waals surface area (Å²) in [6.45, 7) is -0.619. The van der Waals surface area contributed by atoms with Crippen molar-refractivity contribution in [1.29, 1.82) is 0 Å². The van der Waals surface area contributed by atoms with Crippen molar-refractivity contribution in [3.05, 3.63) is 82.9 Å². The first kappa shape index (κ1) is 27.0. The first-order chi connectivity index (χ1) is 17.2. The van der Waals surface area contributed by atoms with Crippen LogP contribution in [0.5, 0.6) is 11.5 Å². The molecular weight excluding hydrogens is 508 g/mol. The maximum atomic E-state index is 13.4. The molecule has 0 heterocycles. The highest BCUT2D eigenvalue weighted by Gasteiger charge is 2.28. The van der Waals surface area contributed by atoms with Gasteiger partial charge in [0.25, 0.3) is 0 Å². The molecule has 0 bridgehead atoms. The van der Waals surface area contributed by atoms with E-state index in [1.165, 1.54) is 45.6 Å². The highest BCUT2D eigenvalue weighted by molar-refractivity contribution is 7.89. The molecule has 0 fully saturated rings. The van der Waals surface area contributed by atoms with Crippen molar-refractivity contribution < 1.29 is 32.2 Å². The lowest BCUT2D eigenvalue weighted by Crippen LogP contribution is -2.37. The van der Waals surface area contributed by atoms with Crippen LogP contribution < -0.4 is 14.8 Å². The van der Waals surface area contributed by atoms with Crippen LogP contribution in [0.25, 0.3) is 0 Å². The number of hydrogen-bond acceptors (Lipinski definition) is 7. The Morgan fingerprint density at radius 3 is 2.11 bits per heavy atom. The minimum Gasteiger partial charge on any atom is -0.493 e. The summed E-state index contributed by atoms with van der Waals surface area (Å²) in [4.78, 5) is 25.5. The Morgan fingerprint density at radius 2 is 1.53 bits per heavy atom. The fourth-order valence-electron chi connectivity index (χ4n) is 3.37. The summed E-state index contributed by atoms with van der Waals surface area (Å²) in [5, 5.41) is 3.10. The molecule has 36 heavy (non-hydrogen) atoms. The largest absolute Gasteiger partial charge is 0.493 e. The quantitative estimate of drug-likeness (QED) is 0.393. The highest BCUT2D eigenvalue weighted by atomic mass is 35.5. The molecule has 3 rings (SSSR count). The van der Waals surface area contributed by atoms with Crippen LogP contribution in [-0.2, 0) is 26.1 Å². The van der Waals surface area contributed by atoms with Gasteiger partial charge in [-0.05, 0) is 29.8 Å². The number of sulfonamides is 1. The lowest BCUT2D eigenvalue weighted by molar-refractivity contribution is -0.116. The zero-order valence-corrected chi connectivity index (χ0v) is 21.4. The second kappa shape index (κ2) is 11.9. The van der Waals surface area contributed by atoms with E-state index in [-0.39, 0.29) is 34.2 Å². The molecule has 9 nitrogen and oxygen atoms in total. The fraction of sp³-hybridized carbons (Fsp3) is 0.200. The third-order valence-electron chi connectivity index (χ3n) is 5.18. The molecule has 1 amide bonds. The molecule has 11 heteroatoms. The van der Waals surface area contributed by atoms with E-state index in [0.717, 1.165) is 4.31 Å². The summed E-state index contributed by atoms with van der Waals surface area (Å²) in [5.74, 6) is -0.885. The standard InChI is InChI=1S/C25H25ClN2O7S/c1-33-22-13-20(25(30)35-3)21(14-23(22)34-2)27-24(29)16-28(15-17-9-11-18(26)12-10-17)36(31,32)19-7-5-4-6-8-19/h4-14H,15-16H2,1-3H3,(H,27,29). The minimum atomic E-state index is -4.05. The van der Waals surface area contributed by atoms with Crippen LogP contribution in [0.3, 0.4) is 0 Å². The number of carbonyl (C=O) groups excluding carboxylic acids is 2.